The lowest BCUT2D eigenvalue weighted by molar-refractivity contribution is 1.18. The van der Waals surface area contributed by atoms with Gasteiger partial charge >= 0.3 is 0 Å². The molecule has 0 unspecified atom stereocenters. The van der Waals surface area contributed by atoms with Gasteiger partial charge in [0.2, 0.25) is 0 Å². The molecule has 3 nitrogen and oxygen atoms in total. The molecule has 0 radical (unpaired) electrons. The van der Waals surface area contributed by atoms with Gasteiger partial charge in [0, 0.05) is 54.9 Å². The number of anilines is 3. The third kappa shape index (κ3) is 5.46. The summed E-state index contributed by atoms with van der Waals surface area (Å²) in [6, 6.07) is 86.3. The van der Waals surface area contributed by atoms with Crippen LogP contribution in [-0.2, 0) is 0 Å². The lowest BCUT2D eigenvalue weighted by Gasteiger charge is -2.27. The van der Waals surface area contributed by atoms with Crippen molar-refractivity contribution in [2.24, 2.45) is 0 Å². The van der Waals surface area contributed by atoms with Gasteiger partial charge in [0.1, 0.15) is 0 Å². The van der Waals surface area contributed by atoms with E-state index in [1.807, 2.05) is 0 Å². The van der Waals surface area contributed by atoms with Gasteiger partial charge in [-0.3, -0.25) is 0 Å². The fourth-order valence-corrected chi connectivity index (χ4v) is 10.3. The molecule has 13 aromatic rings. The minimum Gasteiger partial charge on any atom is -0.310 e. The van der Waals surface area contributed by atoms with E-state index in [1.54, 1.807) is 0 Å². The molecular formula is C60H39N3. The van der Waals surface area contributed by atoms with Gasteiger partial charge < -0.3 is 13.9 Å². The van der Waals surface area contributed by atoms with Gasteiger partial charge in [-0.2, -0.15) is 0 Å². The summed E-state index contributed by atoms with van der Waals surface area (Å²) in [7, 11) is 0. The zero-order valence-electron chi connectivity index (χ0n) is 34.4. The van der Waals surface area contributed by atoms with Crippen LogP contribution < -0.4 is 4.90 Å². The molecule has 0 aliphatic heterocycles. The van der Waals surface area contributed by atoms with E-state index in [0.29, 0.717) is 0 Å². The van der Waals surface area contributed by atoms with Gasteiger partial charge in [-0.15, -0.1) is 0 Å². The highest BCUT2D eigenvalue weighted by molar-refractivity contribution is 6.26. The Morgan fingerprint density at radius 3 is 1.56 bits per heavy atom. The SMILES string of the molecule is c1ccc(-c2ccc(N(c3ccc(-c4cccc5c6cc(-c7ccccc7)ccc6n(-c6ccccc6)c45)cc3)c3cccc4c3c3cccc5c6ccccc6n4c53)cc2)cc1. The first-order valence-electron chi connectivity index (χ1n) is 21.7. The lowest BCUT2D eigenvalue weighted by Crippen LogP contribution is -2.10. The normalized spacial score (nSPS) is 11.8. The van der Waals surface area contributed by atoms with E-state index in [2.05, 4.69) is 250 Å². The van der Waals surface area contributed by atoms with Crippen molar-refractivity contribution in [1.29, 1.82) is 0 Å². The molecule has 3 aromatic heterocycles. The van der Waals surface area contributed by atoms with E-state index in [1.165, 1.54) is 87.7 Å². The van der Waals surface area contributed by atoms with Crippen LogP contribution in [0, 0.1) is 0 Å². The van der Waals surface area contributed by atoms with Gasteiger partial charge in [-0.25, -0.2) is 0 Å². The Kier molecular flexibility index (Phi) is 7.91. The molecule has 0 N–H and O–H groups in total. The summed E-state index contributed by atoms with van der Waals surface area (Å²) < 4.78 is 4.91. The minimum atomic E-state index is 1.09. The lowest BCUT2D eigenvalue weighted by atomic mass is 9.99. The monoisotopic (exact) mass is 801 g/mol. The van der Waals surface area contributed by atoms with Gasteiger partial charge in [0.05, 0.1) is 33.3 Å². The highest BCUT2D eigenvalue weighted by Crippen LogP contribution is 2.47. The predicted molar refractivity (Wildman–Crippen MR) is 266 cm³/mol. The van der Waals surface area contributed by atoms with Crippen LogP contribution in [0.15, 0.2) is 237 Å². The Bertz CT molecular complexity index is 3810. The molecule has 0 aliphatic rings. The summed E-state index contributed by atoms with van der Waals surface area (Å²) in [5.74, 6) is 0. The fourth-order valence-electron chi connectivity index (χ4n) is 10.3. The Hall–Kier alpha value is -8.40. The molecule has 0 saturated carbocycles. The second-order valence-corrected chi connectivity index (χ2v) is 16.5. The van der Waals surface area contributed by atoms with Crippen LogP contribution in [0.4, 0.5) is 17.1 Å². The molecule has 0 saturated heterocycles. The van der Waals surface area contributed by atoms with Crippen molar-refractivity contribution < 1.29 is 0 Å². The molecule has 0 amide bonds. The van der Waals surface area contributed by atoms with Crippen molar-refractivity contribution >= 4 is 77.0 Å². The van der Waals surface area contributed by atoms with E-state index in [0.717, 1.165) is 28.3 Å². The molecule has 0 bridgehead atoms. The number of benzene rings is 10. The second-order valence-electron chi connectivity index (χ2n) is 16.5. The van der Waals surface area contributed by atoms with E-state index < -0.39 is 0 Å². The molecule has 0 spiro atoms. The molecule has 10 aromatic carbocycles. The topological polar surface area (TPSA) is 12.6 Å². The molecule has 0 atom stereocenters. The summed E-state index contributed by atoms with van der Waals surface area (Å²) in [6.07, 6.45) is 0. The smallest absolute Gasteiger partial charge is 0.0621 e. The zero-order chi connectivity index (χ0) is 41.4. The number of fused-ring (bicyclic) bond motifs is 9. The van der Waals surface area contributed by atoms with Crippen molar-refractivity contribution in [2.45, 2.75) is 0 Å². The summed E-state index contributed by atoms with van der Waals surface area (Å²) in [5.41, 5.74) is 17.8. The quantitative estimate of drug-likeness (QED) is 0.156. The first-order chi connectivity index (χ1) is 31.3. The molecule has 63 heavy (non-hydrogen) atoms. The predicted octanol–water partition coefficient (Wildman–Crippen LogP) is 16.4. The van der Waals surface area contributed by atoms with Crippen molar-refractivity contribution in [1.82, 2.24) is 8.97 Å². The Morgan fingerprint density at radius 1 is 0.302 bits per heavy atom. The number of nitrogens with zero attached hydrogens (tertiary/aromatic N) is 3. The highest BCUT2D eigenvalue weighted by Gasteiger charge is 2.24. The van der Waals surface area contributed by atoms with Crippen molar-refractivity contribution in [3.63, 3.8) is 0 Å². The fraction of sp³-hybridized carbons (Fsp3) is 0. The van der Waals surface area contributed by atoms with Crippen molar-refractivity contribution in [3.8, 4) is 39.1 Å². The summed E-state index contributed by atoms with van der Waals surface area (Å²) in [6.45, 7) is 0. The molecule has 13 rings (SSSR count). The summed E-state index contributed by atoms with van der Waals surface area (Å²) in [4.78, 5) is 2.44. The largest absolute Gasteiger partial charge is 0.310 e. The molecule has 0 aliphatic carbocycles. The van der Waals surface area contributed by atoms with Crippen LogP contribution in [0.2, 0.25) is 0 Å². The van der Waals surface area contributed by atoms with Gasteiger partial charge in [0.15, 0.2) is 0 Å². The zero-order valence-corrected chi connectivity index (χ0v) is 34.4. The number of hydrogen-bond donors (Lipinski definition) is 0. The minimum absolute atomic E-state index is 1.09. The first kappa shape index (κ1) is 35.4. The maximum absolute atomic E-state index is 2.47. The maximum atomic E-state index is 2.47. The first-order valence-corrected chi connectivity index (χ1v) is 21.7. The van der Waals surface area contributed by atoms with Crippen molar-refractivity contribution in [2.75, 3.05) is 4.90 Å². The van der Waals surface area contributed by atoms with Crippen LogP contribution in [0.3, 0.4) is 0 Å². The Balaban J connectivity index is 1.01. The van der Waals surface area contributed by atoms with Crippen LogP contribution >= 0.6 is 0 Å². The number of aromatic nitrogens is 2. The van der Waals surface area contributed by atoms with Crippen LogP contribution in [-0.4, -0.2) is 8.97 Å². The highest BCUT2D eigenvalue weighted by atomic mass is 15.1. The van der Waals surface area contributed by atoms with Crippen LogP contribution in [0.5, 0.6) is 0 Å². The average molecular weight is 802 g/mol. The van der Waals surface area contributed by atoms with E-state index in [9.17, 15) is 0 Å². The molecule has 294 valence electrons. The summed E-state index contributed by atoms with van der Waals surface area (Å²) >= 11 is 0. The second kappa shape index (κ2) is 14.1. The number of para-hydroxylation sites is 4. The standard InChI is InChI=1S/C60H39N3/c1-4-15-40(16-5-1)42-29-34-46(35-30-42)61(56-27-14-28-57-58(56)52-25-13-23-50-49-21-10-11-26-54(49)63(57)60(50)52)47-36-31-43(32-37-47)48-22-12-24-51-53-39-44(41-17-6-2-7-18-41)33-38-55(53)62(59(48)51)45-19-8-3-9-20-45/h1-39H. The van der Waals surface area contributed by atoms with Gasteiger partial charge in [-0.05, 0) is 94.5 Å². The van der Waals surface area contributed by atoms with E-state index >= 15 is 0 Å². The van der Waals surface area contributed by atoms with Crippen LogP contribution in [0.1, 0.15) is 0 Å². The van der Waals surface area contributed by atoms with E-state index in [-0.39, 0.29) is 0 Å². The third-order valence-corrected chi connectivity index (χ3v) is 13.0. The number of hydrogen-bond acceptors (Lipinski definition) is 1. The molecule has 0 fully saturated rings. The van der Waals surface area contributed by atoms with E-state index in [4.69, 9.17) is 0 Å². The number of rotatable bonds is 7. The van der Waals surface area contributed by atoms with Crippen molar-refractivity contribution in [3.05, 3.63) is 237 Å². The molecule has 3 heteroatoms. The molecular weight excluding hydrogens is 763 g/mol. The maximum Gasteiger partial charge on any atom is 0.0621 e. The molecule has 3 heterocycles. The average Bonchev–Trinajstić information content (AvgIpc) is 4.01. The van der Waals surface area contributed by atoms with Gasteiger partial charge in [-0.1, -0.05) is 170 Å². The van der Waals surface area contributed by atoms with Gasteiger partial charge in [0.25, 0.3) is 0 Å². The van der Waals surface area contributed by atoms with Crippen LogP contribution in [0.25, 0.3) is 99.0 Å². The third-order valence-electron chi connectivity index (χ3n) is 13.0. The Morgan fingerprint density at radius 2 is 0.825 bits per heavy atom. The summed E-state index contributed by atoms with van der Waals surface area (Å²) in [5, 5.41) is 7.54. The Labute approximate surface area is 364 Å².